The van der Waals surface area contributed by atoms with E-state index in [-0.39, 0.29) is 11.4 Å². The number of hydrogen-bond acceptors (Lipinski definition) is 4. The lowest BCUT2D eigenvalue weighted by atomic mass is 9.91. The maximum atomic E-state index is 10.9. The molecule has 0 aliphatic rings. The van der Waals surface area contributed by atoms with E-state index in [0.29, 0.717) is 11.2 Å². The fourth-order valence-corrected chi connectivity index (χ4v) is 2.53. The summed E-state index contributed by atoms with van der Waals surface area (Å²) >= 11 is 0. The van der Waals surface area contributed by atoms with Crippen molar-refractivity contribution in [2.45, 2.75) is 13.8 Å². The minimum atomic E-state index is -0.487. The second-order valence-corrected chi connectivity index (χ2v) is 4.99. The Morgan fingerprint density at radius 1 is 1.19 bits per heavy atom. The Morgan fingerprint density at radius 2 is 1.76 bits per heavy atom. The summed E-state index contributed by atoms with van der Waals surface area (Å²) in [7, 11) is 7.56. The van der Waals surface area contributed by atoms with E-state index >= 15 is 0 Å². The highest BCUT2D eigenvalue weighted by molar-refractivity contribution is 6.32. The molecule has 0 amide bonds. The molecule has 0 atom stereocenters. The van der Waals surface area contributed by atoms with E-state index in [4.69, 9.17) is 7.85 Å². The van der Waals surface area contributed by atoms with E-state index in [0.717, 1.165) is 16.8 Å². The molecule has 21 heavy (non-hydrogen) atoms. The van der Waals surface area contributed by atoms with Gasteiger partial charge in [0.15, 0.2) is 0 Å². The van der Waals surface area contributed by atoms with Gasteiger partial charge in [0.05, 0.1) is 10.6 Å². The molecule has 0 spiro atoms. The van der Waals surface area contributed by atoms with E-state index < -0.39 is 4.92 Å². The Kier molecular flexibility index (Phi) is 3.89. The molecule has 0 heterocycles. The lowest BCUT2D eigenvalue weighted by molar-refractivity contribution is -0.384. The zero-order chi connectivity index (χ0) is 15.7. The minimum Gasteiger partial charge on any atom is -0.506 e. The van der Waals surface area contributed by atoms with Crippen molar-refractivity contribution in [3.63, 3.8) is 0 Å². The van der Waals surface area contributed by atoms with Crippen molar-refractivity contribution in [1.82, 2.24) is 0 Å². The van der Waals surface area contributed by atoms with Crippen LogP contribution in [0.25, 0.3) is 0 Å². The first-order valence-electron chi connectivity index (χ1n) is 6.39. The second kappa shape index (κ2) is 5.48. The van der Waals surface area contributed by atoms with Gasteiger partial charge in [-0.25, -0.2) is 0 Å². The first kappa shape index (κ1) is 14.9. The number of nitro benzene ring substituents is 1. The number of hydrogen-bond donors (Lipinski definition) is 1. The number of phenolic OH excluding ortho intramolecular Hbond substituents is 1. The molecule has 5 nitrogen and oxygen atoms in total. The Hall–Kier alpha value is -2.50. The average molecular weight is 282 g/mol. The Balaban J connectivity index is 2.57. The number of benzene rings is 2. The first-order valence-corrected chi connectivity index (χ1v) is 6.39. The maximum Gasteiger partial charge on any atom is 0.271 e. The summed E-state index contributed by atoms with van der Waals surface area (Å²) in [6.45, 7) is 3.81. The second-order valence-electron chi connectivity index (χ2n) is 4.99. The molecule has 1 N–H and O–H groups in total. The third kappa shape index (κ3) is 2.84. The summed E-state index contributed by atoms with van der Waals surface area (Å²) in [6.07, 6.45) is 0. The van der Waals surface area contributed by atoms with Crippen LogP contribution in [0.15, 0.2) is 30.3 Å². The van der Waals surface area contributed by atoms with Gasteiger partial charge in [-0.2, -0.15) is 0 Å². The van der Waals surface area contributed by atoms with Crippen LogP contribution in [0.5, 0.6) is 5.75 Å². The van der Waals surface area contributed by atoms with Crippen molar-refractivity contribution < 1.29 is 10.0 Å². The normalized spacial score (nSPS) is 10.4. The van der Waals surface area contributed by atoms with Crippen LogP contribution in [0, 0.1) is 24.0 Å². The maximum absolute atomic E-state index is 10.9. The topological polar surface area (TPSA) is 66.6 Å². The summed E-state index contributed by atoms with van der Waals surface area (Å²) < 4.78 is 0. The molecular formula is C15H15BN2O3. The van der Waals surface area contributed by atoms with Crippen LogP contribution in [0.3, 0.4) is 0 Å². The standard InChI is InChI=1S/C15H15BN2O3/c1-9-6-11(16)7-10(2)15(9)17(3)13-8-12(18(20)21)4-5-14(13)19/h4-8,19H,1-3H3. The van der Waals surface area contributed by atoms with E-state index in [2.05, 4.69) is 0 Å². The summed E-state index contributed by atoms with van der Waals surface area (Å²) in [4.78, 5) is 12.1. The van der Waals surface area contributed by atoms with Crippen LogP contribution in [0.1, 0.15) is 11.1 Å². The van der Waals surface area contributed by atoms with Crippen molar-refractivity contribution in [3.8, 4) is 5.75 Å². The summed E-state index contributed by atoms with van der Waals surface area (Å²) in [5.41, 5.74) is 3.69. The van der Waals surface area contributed by atoms with E-state index in [9.17, 15) is 15.2 Å². The smallest absolute Gasteiger partial charge is 0.271 e. The van der Waals surface area contributed by atoms with E-state index in [1.807, 2.05) is 26.0 Å². The predicted octanol–water partition coefficient (Wildman–Crippen LogP) is 2.48. The third-order valence-corrected chi connectivity index (χ3v) is 3.38. The Labute approximate surface area is 124 Å². The minimum absolute atomic E-state index is 0.0151. The molecule has 0 aromatic heterocycles. The average Bonchev–Trinajstić information content (AvgIpc) is 2.37. The van der Waals surface area contributed by atoms with Crippen molar-refractivity contribution in [2.24, 2.45) is 0 Å². The van der Waals surface area contributed by atoms with Gasteiger partial charge in [-0.1, -0.05) is 17.6 Å². The van der Waals surface area contributed by atoms with Gasteiger partial charge in [0.2, 0.25) is 0 Å². The molecule has 0 bridgehead atoms. The highest BCUT2D eigenvalue weighted by atomic mass is 16.6. The van der Waals surface area contributed by atoms with Crippen LogP contribution in [0.2, 0.25) is 0 Å². The molecule has 6 heteroatoms. The molecular weight excluding hydrogens is 267 g/mol. The lowest BCUT2D eigenvalue weighted by Gasteiger charge is -2.25. The molecule has 106 valence electrons. The molecule has 2 radical (unpaired) electrons. The number of non-ortho nitro benzene ring substituents is 1. The third-order valence-electron chi connectivity index (χ3n) is 3.38. The number of nitrogens with zero attached hydrogens (tertiary/aromatic N) is 2. The molecule has 0 saturated heterocycles. The van der Waals surface area contributed by atoms with Gasteiger partial charge in [-0.05, 0) is 31.0 Å². The Bertz CT molecular complexity index is 693. The predicted molar refractivity (Wildman–Crippen MR) is 84.1 cm³/mol. The molecule has 0 aliphatic carbocycles. The number of nitro groups is 1. The number of phenols is 1. The highest BCUT2D eigenvalue weighted by Gasteiger charge is 2.17. The summed E-state index contributed by atoms with van der Waals surface area (Å²) in [5, 5.41) is 20.9. The highest BCUT2D eigenvalue weighted by Crippen LogP contribution is 2.37. The van der Waals surface area contributed by atoms with Crippen molar-refractivity contribution in [2.75, 3.05) is 11.9 Å². The van der Waals surface area contributed by atoms with Gasteiger partial charge in [0, 0.05) is 24.9 Å². The van der Waals surface area contributed by atoms with Crippen LogP contribution in [-0.2, 0) is 0 Å². The number of aryl methyl sites for hydroxylation is 2. The fourth-order valence-electron chi connectivity index (χ4n) is 2.53. The summed E-state index contributed by atoms with van der Waals surface area (Å²) in [5.74, 6) is -0.0151. The van der Waals surface area contributed by atoms with Gasteiger partial charge >= 0.3 is 0 Å². The quantitative estimate of drug-likeness (QED) is 0.533. The van der Waals surface area contributed by atoms with Gasteiger partial charge < -0.3 is 10.0 Å². The summed E-state index contributed by atoms with van der Waals surface area (Å²) in [6, 6.07) is 7.60. The zero-order valence-corrected chi connectivity index (χ0v) is 12.1. The van der Waals surface area contributed by atoms with Crippen LogP contribution >= 0.6 is 0 Å². The SMILES string of the molecule is [B]c1cc(C)c(N(C)c2cc([N+](=O)[O-])ccc2O)c(C)c1. The molecule has 2 aromatic rings. The fraction of sp³-hybridized carbons (Fsp3) is 0.200. The monoisotopic (exact) mass is 282 g/mol. The van der Waals surface area contributed by atoms with Crippen LogP contribution < -0.4 is 10.4 Å². The molecule has 0 unspecified atom stereocenters. The zero-order valence-electron chi connectivity index (χ0n) is 12.1. The largest absolute Gasteiger partial charge is 0.506 e. The molecule has 2 aromatic carbocycles. The molecule has 0 aliphatic heterocycles. The Morgan fingerprint density at radius 3 is 2.29 bits per heavy atom. The molecule has 2 rings (SSSR count). The van der Waals surface area contributed by atoms with Crippen molar-refractivity contribution in [3.05, 3.63) is 51.6 Å². The van der Waals surface area contributed by atoms with Crippen molar-refractivity contribution in [1.29, 1.82) is 0 Å². The number of anilines is 2. The first-order chi connectivity index (χ1) is 9.81. The van der Waals surface area contributed by atoms with E-state index in [1.165, 1.54) is 18.2 Å². The molecule has 0 saturated carbocycles. The number of rotatable bonds is 3. The van der Waals surface area contributed by atoms with E-state index in [1.54, 1.807) is 11.9 Å². The van der Waals surface area contributed by atoms with Gasteiger partial charge in [0.25, 0.3) is 5.69 Å². The lowest BCUT2D eigenvalue weighted by Crippen LogP contribution is -2.15. The van der Waals surface area contributed by atoms with Gasteiger partial charge in [-0.15, -0.1) is 0 Å². The molecule has 0 fully saturated rings. The van der Waals surface area contributed by atoms with Gasteiger partial charge in [0.1, 0.15) is 13.6 Å². The number of aromatic hydroxyl groups is 1. The van der Waals surface area contributed by atoms with Crippen LogP contribution in [-0.4, -0.2) is 24.9 Å². The van der Waals surface area contributed by atoms with Crippen LogP contribution in [0.4, 0.5) is 17.1 Å². The van der Waals surface area contributed by atoms with Gasteiger partial charge in [-0.3, -0.25) is 10.1 Å². The van der Waals surface area contributed by atoms with Crippen molar-refractivity contribution >= 4 is 30.4 Å².